The van der Waals surface area contributed by atoms with Gasteiger partial charge >= 0.3 is 7.82 Å². The Morgan fingerprint density at radius 1 is 0.791 bits per heavy atom. The second-order valence-corrected chi connectivity index (χ2v) is 12.8. The first-order valence-corrected chi connectivity index (χ1v) is 17.1. The highest BCUT2D eigenvalue weighted by atomic mass is 31.2. The van der Waals surface area contributed by atoms with Crippen LogP contribution in [0.2, 0.25) is 0 Å². The Morgan fingerprint density at radius 3 is 1.84 bits per heavy atom. The number of aliphatic hydroxyl groups excluding tert-OH is 1. The molecule has 2 rings (SSSR count). The van der Waals surface area contributed by atoms with Gasteiger partial charge in [0.1, 0.15) is 6.61 Å². The number of hydrogen-bond acceptors (Lipinski definition) is 8. The summed E-state index contributed by atoms with van der Waals surface area (Å²) in [6, 6.07) is 19.6. The van der Waals surface area contributed by atoms with E-state index in [1.165, 1.54) is 0 Å². The van der Waals surface area contributed by atoms with Crippen molar-refractivity contribution in [2.24, 2.45) is 23.7 Å². The zero-order valence-electron chi connectivity index (χ0n) is 25.9. The summed E-state index contributed by atoms with van der Waals surface area (Å²) in [6.45, 7) is 16.2. The van der Waals surface area contributed by atoms with Gasteiger partial charge in [0, 0.05) is 6.61 Å². The summed E-state index contributed by atoms with van der Waals surface area (Å²) in [7, 11) is -1.50. The molecule has 0 saturated carbocycles. The molecule has 8 atom stereocenters. The average Bonchev–Trinajstić information content (AvgIpc) is 3.03. The fourth-order valence-electron chi connectivity index (χ4n) is 4.25. The number of phosphoric acid groups is 1. The Balaban J connectivity index is 2.06. The van der Waals surface area contributed by atoms with E-state index in [2.05, 4.69) is 27.9 Å². The zero-order valence-corrected chi connectivity index (χ0v) is 27.9. The van der Waals surface area contributed by atoms with Crippen LogP contribution >= 0.6 is 17.1 Å². The summed E-state index contributed by atoms with van der Waals surface area (Å²) in [5.74, 6) is -0.129. The van der Waals surface area contributed by atoms with Gasteiger partial charge in [0.05, 0.1) is 51.6 Å². The van der Waals surface area contributed by atoms with Crippen LogP contribution in [0, 0.1) is 30.2 Å². The van der Waals surface area contributed by atoms with Crippen LogP contribution in [0.25, 0.3) is 4.85 Å². The molecule has 0 radical (unpaired) electrons. The van der Waals surface area contributed by atoms with Crippen LogP contribution in [-0.4, -0.2) is 63.2 Å². The number of aliphatic hydroxyl groups is 1. The van der Waals surface area contributed by atoms with E-state index in [1.807, 2.05) is 74.5 Å². The second kappa shape index (κ2) is 21.1. The Labute approximate surface area is 260 Å². The van der Waals surface area contributed by atoms with E-state index in [-0.39, 0.29) is 56.6 Å². The predicted octanol–water partition coefficient (Wildman–Crippen LogP) is 6.62. The smallest absolute Gasteiger partial charge is 0.394 e. The van der Waals surface area contributed by atoms with E-state index < -0.39 is 20.0 Å². The van der Waals surface area contributed by atoms with Gasteiger partial charge in [-0.15, -0.1) is 9.24 Å². The third-order valence-electron chi connectivity index (χ3n) is 7.61. The van der Waals surface area contributed by atoms with E-state index in [9.17, 15) is 9.67 Å². The molecule has 0 aliphatic heterocycles. The van der Waals surface area contributed by atoms with Crippen LogP contribution < -0.4 is 0 Å². The molecule has 0 spiro atoms. The summed E-state index contributed by atoms with van der Waals surface area (Å²) in [4.78, 5) is 3.29. The fourth-order valence-corrected chi connectivity index (χ4v) is 5.66. The molecule has 11 heteroatoms. The Hall–Kier alpha value is -1.69. The van der Waals surface area contributed by atoms with Crippen molar-refractivity contribution in [1.29, 1.82) is 0 Å². The van der Waals surface area contributed by atoms with Crippen molar-refractivity contribution in [2.45, 2.75) is 53.1 Å². The number of hydrogen-bond donors (Lipinski definition) is 1. The van der Waals surface area contributed by atoms with Gasteiger partial charge in [-0.05, 0) is 34.8 Å². The number of ether oxygens (including phenoxy) is 3. The normalized spacial score (nSPS) is 17.2. The molecule has 0 heterocycles. The summed E-state index contributed by atoms with van der Waals surface area (Å²) in [5.41, 5.74) is 2.02. The quantitative estimate of drug-likeness (QED) is 0.0825. The first kappa shape index (κ1) is 37.5. The summed E-state index contributed by atoms with van der Waals surface area (Å²) in [6.07, 6.45) is -0.332. The van der Waals surface area contributed by atoms with E-state index >= 15 is 0 Å². The van der Waals surface area contributed by atoms with Crippen molar-refractivity contribution in [3.63, 3.8) is 0 Å². The molecule has 0 amide bonds. The number of nitrogens with zero attached hydrogens (tertiary/aromatic N) is 1. The van der Waals surface area contributed by atoms with Crippen molar-refractivity contribution in [1.82, 2.24) is 0 Å². The minimum Gasteiger partial charge on any atom is -0.394 e. The van der Waals surface area contributed by atoms with Crippen LogP contribution in [0.3, 0.4) is 0 Å². The lowest BCUT2D eigenvalue weighted by Gasteiger charge is -2.31. The van der Waals surface area contributed by atoms with Crippen molar-refractivity contribution in [3.8, 4) is 0 Å². The van der Waals surface area contributed by atoms with Gasteiger partial charge in [0.25, 0.3) is 0 Å². The summed E-state index contributed by atoms with van der Waals surface area (Å²) < 4.78 is 48.9. The molecule has 43 heavy (non-hydrogen) atoms. The maximum Gasteiger partial charge on any atom is 0.475 e. The highest BCUT2D eigenvalue weighted by Crippen LogP contribution is 2.50. The average molecular weight is 638 g/mol. The molecule has 0 fully saturated rings. The molecular formula is C32H49NO8P2. The topological polar surface area (TPSA) is 97.0 Å². The molecule has 2 unspecified atom stereocenters. The minimum absolute atomic E-state index is 0.00276. The molecule has 0 aromatic heterocycles. The van der Waals surface area contributed by atoms with Crippen LogP contribution in [0.15, 0.2) is 60.7 Å². The highest BCUT2D eigenvalue weighted by Gasteiger charge is 2.34. The first-order chi connectivity index (χ1) is 20.7. The maximum atomic E-state index is 13.8. The Morgan fingerprint density at radius 2 is 1.30 bits per heavy atom. The minimum atomic E-state index is -4.05. The van der Waals surface area contributed by atoms with Gasteiger partial charge in [-0.3, -0.25) is 13.6 Å². The lowest BCUT2D eigenvalue weighted by Crippen LogP contribution is -2.33. The molecule has 240 valence electrons. The van der Waals surface area contributed by atoms with E-state index in [4.69, 9.17) is 34.4 Å². The van der Waals surface area contributed by atoms with Crippen molar-refractivity contribution in [2.75, 3.05) is 45.9 Å². The molecule has 9 nitrogen and oxygen atoms in total. The molecule has 0 saturated heterocycles. The van der Waals surface area contributed by atoms with Crippen LogP contribution in [0.1, 0.15) is 38.8 Å². The van der Waals surface area contributed by atoms with Crippen LogP contribution in [-0.2, 0) is 45.6 Å². The molecular weight excluding hydrogens is 588 g/mol. The number of phosphoric ester groups is 1. The zero-order chi connectivity index (χ0) is 31.5. The van der Waals surface area contributed by atoms with E-state index in [1.54, 1.807) is 0 Å². The second-order valence-electron chi connectivity index (χ2n) is 10.8. The van der Waals surface area contributed by atoms with Gasteiger partial charge < -0.3 is 24.2 Å². The number of benzene rings is 2. The summed E-state index contributed by atoms with van der Waals surface area (Å²) in [5, 5.41) is 10.0. The SMILES string of the molecule is [C-]#[N+]CCOP(=O)(OC[C@@H](C)[C@@H](C)[C@H](CO)OCc1ccccc1)OC[C@H](OCc1ccccc1)[C@H](C)[C@H](C)COCP. The molecule has 2 aromatic carbocycles. The van der Waals surface area contributed by atoms with Crippen molar-refractivity contribution >= 4 is 17.1 Å². The molecule has 0 aliphatic carbocycles. The standard InChI is InChI=1S/C32H49NO8P2/c1-25(19-36-24-42)28(4)32(38-22-30-14-10-7-11-15-30)23-41-43(35,39-17-16-33-5)40-20-26(2)27(3)31(18-34)37-21-29-12-8-6-9-13-29/h6-15,25-28,31-32,34H,16-24,42H2,1-4H3/t25-,26-,27-,28-,31+,32+,43?/m1/s1. The molecule has 0 aliphatic rings. The van der Waals surface area contributed by atoms with E-state index in [0.717, 1.165) is 11.1 Å². The van der Waals surface area contributed by atoms with Gasteiger partial charge in [0.2, 0.25) is 6.54 Å². The predicted molar refractivity (Wildman–Crippen MR) is 171 cm³/mol. The van der Waals surface area contributed by atoms with Gasteiger partial charge in [0.15, 0.2) is 0 Å². The fraction of sp³-hybridized carbons (Fsp3) is 0.594. The third-order valence-corrected chi connectivity index (χ3v) is 9.27. The molecule has 0 bridgehead atoms. The van der Waals surface area contributed by atoms with Gasteiger partial charge in [-0.1, -0.05) is 88.4 Å². The molecule has 2 aromatic rings. The lowest BCUT2D eigenvalue weighted by atomic mass is 9.91. The monoisotopic (exact) mass is 637 g/mol. The Kier molecular flexibility index (Phi) is 18.4. The largest absolute Gasteiger partial charge is 0.475 e. The molecule has 1 N–H and O–H groups in total. The van der Waals surface area contributed by atoms with Crippen LogP contribution in [0.5, 0.6) is 0 Å². The van der Waals surface area contributed by atoms with Crippen molar-refractivity contribution < 1.29 is 37.5 Å². The van der Waals surface area contributed by atoms with E-state index in [0.29, 0.717) is 26.2 Å². The highest BCUT2D eigenvalue weighted by molar-refractivity contribution is 7.48. The lowest BCUT2D eigenvalue weighted by molar-refractivity contribution is -0.0571. The van der Waals surface area contributed by atoms with Crippen LogP contribution in [0.4, 0.5) is 0 Å². The van der Waals surface area contributed by atoms with Gasteiger partial charge in [-0.25, -0.2) is 11.1 Å². The maximum absolute atomic E-state index is 13.8. The Bertz CT molecular complexity index is 1090. The van der Waals surface area contributed by atoms with Gasteiger partial charge in [-0.2, -0.15) is 0 Å². The summed E-state index contributed by atoms with van der Waals surface area (Å²) >= 11 is 0. The third kappa shape index (κ3) is 14.3. The first-order valence-electron chi connectivity index (χ1n) is 14.8. The van der Waals surface area contributed by atoms with Crippen molar-refractivity contribution in [3.05, 3.63) is 83.2 Å². The number of rotatable bonds is 23.